The van der Waals surface area contributed by atoms with Crippen molar-refractivity contribution in [2.24, 2.45) is 5.92 Å². The lowest BCUT2D eigenvalue weighted by atomic mass is 9.89. The Kier molecular flexibility index (Phi) is 5.34. The summed E-state index contributed by atoms with van der Waals surface area (Å²) in [7, 11) is 0. The van der Waals surface area contributed by atoms with Crippen LogP contribution in [0.25, 0.3) is 10.9 Å². The maximum absolute atomic E-state index is 13.1. The second kappa shape index (κ2) is 8.04. The summed E-state index contributed by atoms with van der Waals surface area (Å²) in [4.78, 5) is 19.7. The fourth-order valence-electron chi connectivity index (χ4n) is 4.02. The first kappa shape index (κ1) is 17.3. The average molecular weight is 353 g/mol. The summed E-state index contributed by atoms with van der Waals surface area (Å²) in [6.45, 7) is 3.47. The molecule has 26 heavy (non-hydrogen) atoms. The number of amides is 1. The molecule has 1 aliphatic carbocycles. The number of hydrogen-bond acceptors (Lipinski definition) is 4. The van der Waals surface area contributed by atoms with Crippen molar-refractivity contribution in [2.45, 2.75) is 32.1 Å². The predicted molar refractivity (Wildman–Crippen MR) is 104 cm³/mol. The molecule has 138 valence electrons. The fourth-order valence-corrected chi connectivity index (χ4v) is 4.02. The molecule has 5 heteroatoms. The molecule has 1 aliphatic heterocycles. The highest BCUT2D eigenvalue weighted by molar-refractivity contribution is 6.07. The molecule has 0 radical (unpaired) electrons. The van der Waals surface area contributed by atoms with Gasteiger partial charge in [-0.05, 0) is 30.9 Å². The van der Waals surface area contributed by atoms with Crippen molar-refractivity contribution in [2.75, 3.05) is 38.2 Å². The Morgan fingerprint density at radius 2 is 1.92 bits per heavy atom. The topological polar surface area (TPSA) is 54.5 Å². The van der Waals surface area contributed by atoms with E-state index in [0.717, 1.165) is 34.7 Å². The Labute approximate surface area is 154 Å². The van der Waals surface area contributed by atoms with Crippen LogP contribution in [-0.2, 0) is 4.74 Å². The molecule has 2 fully saturated rings. The minimum absolute atomic E-state index is 0.0765. The van der Waals surface area contributed by atoms with Gasteiger partial charge in [-0.3, -0.25) is 4.79 Å². The smallest absolute Gasteiger partial charge is 0.254 e. The predicted octanol–water partition coefficient (Wildman–Crippen LogP) is 3.70. The van der Waals surface area contributed by atoms with Crippen LogP contribution < -0.4 is 5.32 Å². The third-order valence-corrected chi connectivity index (χ3v) is 5.54. The van der Waals surface area contributed by atoms with E-state index in [0.29, 0.717) is 26.3 Å². The first-order valence-corrected chi connectivity index (χ1v) is 9.82. The van der Waals surface area contributed by atoms with Crippen LogP contribution in [0.3, 0.4) is 0 Å². The monoisotopic (exact) mass is 353 g/mol. The summed E-state index contributed by atoms with van der Waals surface area (Å²) in [5.74, 6) is 1.61. The number of nitrogens with zero attached hydrogens (tertiary/aromatic N) is 2. The number of ether oxygens (including phenoxy) is 1. The van der Waals surface area contributed by atoms with E-state index in [1.54, 1.807) is 0 Å². The third-order valence-electron chi connectivity index (χ3n) is 5.54. The zero-order valence-corrected chi connectivity index (χ0v) is 15.2. The molecule has 1 saturated carbocycles. The first-order valence-electron chi connectivity index (χ1n) is 9.82. The average Bonchev–Trinajstić information content (AvgIpc) is 2.72. The third kappa shape index (κ3) is 3.83. The molecule has 0 spiro atoms. The number of para-hydroxylation sites is 1. The van der Waals surface area contributed by atoms with Gasteiger partial charge in [-0.1, -0.05) is 37.5 Å². The number of carbonyl (C=O) groups excluding carboxylic acids is 1. The molecule has 0 bridgehead atoms. The van der Waals surface area contributed by atoms with Gasteiger partial charge in [0.25, 0.3) is 5.91 Å². The van der Waals surface area contributed by atoms with Crippen molar-refractivity contribution in [3.8, 4) is 0 Å². The fraction of sp³-hybridized carbons (Fsp3) is 0.524. The molecule has 0 unspecified atom stereocenters. The van der Waals surface area contributed by atoms with Crippen molar-refractivity contribution in [1.29, 1.82) is 0 Å². The summed E-state index contributed by atoms with van der Waals surface area (Å²) < 4.78 is 5.38. The van der Waals surface area contributed by atoms with Crippen LogP contribution in [0.5, 0.6) is 0 Å². The van der Waals surface area contributed by atoms with E-state index in [-0.39, 0.29) is 5.91 Å². The zero-order valence-electron chi connectivity index (χ0n) is 15.2. The van der Waals surface area contributed by atoms with Crippen LogP contribution in [0.2, 0.25) is 0 Å². The van der Waals surface area contributed by atoms with E-state index in [2.05, 4.69) is 5.32 Å². The number of anilines is 1. The number of hydrogen-bond donors (Lipinski definition) is 1. The van der Waals surface area contributed by atoms with Gasteiger partial charge in [0.1, 0.15) is 5.82 Å². The van der Waals surface area contributed by atoms with E-state index in [4.69, 9.17) is 9.72 Å². The van der Waals surface area contributed by atoms with Crippen molar-refractivity contribution in [1.82, 2.24) is 9.88 Å². The summed E-state index contributed by atoms with van der Waals surface area (Å²) in [5, 5.41) is 4.42. The highest BCUT2D eigenvalue weighted by atomic mass is 16.5. The standard InChI is InChI=1S/C21H27N3O2/c25-21(24-10-12-26-13-11-24)18-14-20(22-15-16-6-2-1-3-7-16)23-19-9-5-4-8-17(18)19/h4-5,8-9,14,16H,1-3,6-7,10-13,15H2,(H,22,23). The molecule has 5 nitrogen and oxygen atoms in total. The summed E-state index contributed by atoms with van der Waals surface area (Å²) in [6, 6.07) is 9.85. The Morgan fingerprint density at radius 1 is 1.15 bits per heavy atom. The lowest BCUT2D eigenvalue weighted by Crippen LogP contribution is -2.40. The van der Waals surface area contributed by atoms with Crippen LogP contribution in [0.1, 0.15) is 42.5 Å². The summed E-state index contributed by atoms with van der Waals surface area (Å²) in [5.41, 5.74) is 1.61. The van der Waals surface area contributed by atoms with Crippen molar-refractivity contribution < 1.29 is 9.53 Å². The molecule has 4 rings (SSSR count). The largest absolute Gasteiger partial charge is 0.378 e. The SMILES string of the molecule is O=C(c1cc(NCC2CCCCC2)nc2ccccc12)N1CCOCC1. The van der Waals surface area contributed by atoms with E-state index in [9.17, 15) is 4.79 Å². The Bertz CT molecular complexity index is 765. The molecule has 1 N–H and O–H groups in total. The molecule has 0 atom stereocenters. The number of rotatable bonds is 4. The minimum atomic E-state index is 0.0765. The second-order valence-corrected chi connectivity index (χ2v) is 7.36. The lowest BCUT2D eigenvalue weighted by Gasteiger charge is -2.27. The maximum atomic E-state index is 13.1. The molecule has 1 aromatic carbocycles. The number of nitrogens with one attached hydrogen (secondary N) is 1. The Balaban J connectivity index is 1.59. The van der Waals surface area contributed by atoms with Crippen LogP contribution in [0.15, 0.2) is 30.3 Å². The van der Waals surface area contributed by atoms with E-state index < -0.39 is 0 Å². The highest BCUT2D eigenvalue weighted by Gasteiger charge is 2.22. The number of carbonyl (C=O) groups is 1. The van der Waals surface area contributed by atoms with Gasteiger partial charge >= 0.3 is 0 Å². The first-order chi connectivity index (χ1) is 12.8. The van der Waals surface area contributed by atoms with Gasteiger partial charge in [-0.15, -0.1) is 0 Å². The molecular weight excluding hydrogens is 326 g/mol. The van der Waals surface area contributed by atoms with Gasteiger partial charge in [0, 0.05) is 25.0 Å². The normalized spacial score (nSPS) is 18.8. The maximum Gasteiger partial charge on any atom is 0.254 e. The summed E-state index contributed by atoms with van der Waals surface area (Å²) >= 11 is 0. The Hall–Kier alpha value is -2.14. The molecule has 1 aromatic heterocycles. The lowest BCUT2D eigenvalue weighted by molar-refractivity contribution is 0.0304. The van der Waals surface area contributed by atoms with Crippen LogP contribution in [0, 0.1) is 5.92 Å². The quantitative estimate of drug-likeness (QED) is 0.911. The minimum Gasteiger partial charge on any atom is -0.378 e. The van der Waals surface area contributed by atoms with Crippen molar-refractivity contribution in [3.63, 3.8) is 0 Å². The van der Waals surface area contributed by atoms with Crippen LogP contribution in [0.4, 0.5) is 5.82 Å². The number of benzene rings is 1. The molecule has 2 heterocycles. The number of pyridine rings is 1. The molecular formula is C21H27N3O2. The van der Waals surface area contributed by atoms with Gasteiger partial charge in [0.2, 0.25) is 0 Å². The number of aromatic nitrogens is 1. The van der Waals surface area contributed by atoms with E-state index in [1.807, 2.05) is 35.2 Å². The molecule has 1 saturated heterocycles. The van der Waals surface area contributed by atoms with Crippen molar-refractivity contribution in [3.05, 3.63) is 35.9 Å². The highest BCUT2D eigenvalue weighted by Crippen LogP contribution is 2.26. The van der Waals surface area contributed by atoms with Crippen LogP contribution >= 0.6 is 0 Å². The van der Waals surface area contributed by atoms with Gasteiger partial charge < -0.3 is 15.0 Å². The number of fused-ring (bicyclic) bond motifs is 1. The van der Waals surface area contributed by atoms with Gasteiger partial charge in [0.05, 0.1) is 24.3 Å². The molecule has 1 amide bonds. The van der Waals surface area contributed by atoms with Gasteiger partial charge in [0.15, 0.2) is 0 Å². The zero-order chi connectivity index (χ0) is 17.8. The van der Waals surface area contributed by atoms with Gasteiger partial charge in [-0.25, -0.2) is 4.98 Å². The van der Waals surface area contributed by atoms with E-state index >= 15 is 0 Å². The second-order valence-electron chi connectivity index (χ2n) is 7.36. The molecule has 2 aromatic rings. The number of morpholine rings is 1. The van der Waals surface area contributed by atoms with Crippen molar-refractivity contribution >= 4 is 22.6 Å². The van der Waals surface area contributed by atoms with E-state index in [1.165, 1.54) is 32.1 Å². The molecule has 2 aliphatic rings. The van der Waals surface area contributed by atoms with Gasteiger partial charge in [-0.2, -0.15) is 0 Å². The Morgan fingerprint density at radius 3 is 2.73 bits per heavy atom. The van der Waals surface area contributed by atoms with Crippen LogP contribution in [-0.4, -0.2) is 48.6 Å². The summed E-state index contributed by atoms with van der Waals surface area (Å²) in [6.07, 6.45) is 6.61.